The van der Waals surface area contributed by atoms with E-state index in [1.165, 1.54) is 0 Å². The molecule has 1 amide bonds. The van der Waals surface area contributed by atoms with Crippen LogP contribution in [0.4, 0.5) is 5.69 Å². The van der Waals surface area contributed by atoms with Crippen molar-refractivity contribution in [2.24, 2.45) is 0 Å². The van der Waals surface area contributed by atoms with Crippen LogP contribution < -0.4 is 10.2 Å². The van der Waals surface area contributed by atoms with Crippen molar-refractivity contribution in [3.63, 3.8) is 0 Å². The SMILES string of the molecule is Cc1ccc(N2CCNC(CC#N)C2=O)cc1Br. The van der Waals surface area contributed by atoms with Gasteiger partial charge in [-0.25, -0.2) is 0 Å². The van der Waals surface area contributed by atoms with Gasteiger partial charge in [0.15, 0.2) is 0 Å². The van der Waals surface area contributed by atoms with E-state index >= 15 is 0 Å². The molecule has 0 aliphatic carbocycles. The zero-order valence-corrected chi connectivity index (χ0v) is 11.7. The predicted molar refractivity (Wildman–Crippen MR) is 73.3 cm³/mol. The monoisotopic (exact) mass is 307 g/mol. The fourth-order valence-corrected chi connectivity index (χ4v) is 2.36. The summed E-state index contributed by atoms with van der Waals surface area (Å²) < 4.78 is 0.989. The maximum atomic E-state index is 12.2. The molecular formula is C13H14BrN3O. The molecule has 1 heterocycles. The van der Waals surface area contributed by atoms with Gasteiger partial charge in [-0.3, -0.25) is 4.79 Å². The molecule has 1 N–H and O–H groups in total. The third-order valence-electron chi connectivity index (χ3n) is 3.05. The van der Waals surface area contributed by atoms with E-state index in [0.29, 0.717) is 13.1 Å². The zero-order valence-electron chi connectivity index (χ0n) is 10.1. The van der Waals surface area contributed by atoms with Crippen molar-refractivity contribution >= 4 is 27.5 Å². The second-order valence-electron chi connectivity index (χ2n) is 4.29. The molecule has 1 saturated heterocycles. The molecule has 1 aromatic carbocycles. The van der Waals surface area contributed by atoms with Crippen LogP contribution in [-0.2, 0) is 4.79 Å². The molecular weight excluding hydrogens is 294 g/mol. The van der Waals surface area contributed by atoms with Gasteiger partial charge in [0.2, 0.25) is 5.91 Å². The summed E-state index contributed by atoms with van der Waals surface area (Å²) in [7, 11) is 0. The lowest BCUT2D eigenvalue weighted by Crippen LogP contribution is -2.55. The van der Waals surface area contributed by atoms with Crippen molar-refractivity contribution < 1.29 is 4.79 Å². The van der Waals surface area contributed by atoms with E-state index in [2.05, 4.69) is 21.2 Å². The number of halogens is 1. The normalized spacial score (nSPS) is 19.7. The average Bonchev–Trinajstić information content (AvgIpc) is 2.36. The molecule has 0 radical (unpaired) electrons. The first kappa shape index (κ1) is 13.1. The van der Waals surface area contributed by atoms with Crippen LogP contribution in [0, 0.1) is 18.3 Å². The van der Waals surface area contributed by atoms with Crippen LogP contribution in [0.1, 0.15) is 12.0 Å². The summed E-state index contributed by atoms with van der Waals surface area (Å²) in [6.07, 6.45) is 0.211. The smallest absolute Gasteiger partial charge is 0.245 e. The topological polar surface area (TPSA) is 56.1 Å². The van der Waals surface area contributed by atoms with E-state index in [4.69, 9.17) is 5.26 Å². The maximum absolute atomic E-state index is 12.2. The molecule has 5 heteroatoms. The van der Waals surface area contributed by atoms with E-state index in [1.807, 2.05) is 31.2 Å². The summed E-state index contributed by atoms with van der Waals surface area (Å²) in [5, 5.41) is 11.8. The third-order valence-corrected chi connectivity index (χ3v) is 3.91. The van der Waals surface area contributed by atoms with Gasteiger partial charge < -0.3 is 10.2 Å². The average molecular weight is 308 g/mol. The third kappa shape index (κ3) is 2.55. The Morgan fingerprint density at radius 1 is 1.61 bits per heavy atom. The molecule has 1 aromatic rings. The molecule has 0 aromatic heterocycles. The van der Waals surface area contributed by atoms with Crippen molar-refractivity contribution in [1.29, 1.82) is 5.26 Å². The highest BCUT2D eigenvalue weighted by Gasteiger charge is 2.29. The molecule has 1 unspecified atom stereocenters. The van der Waals surface area contributed by atoms with Gasteiger partial charge in [0.25, 0.3) is 0 Å². The minimum absolute atomic E-state index is 0.0291. The van der Waals surface area contributed by atoms with E-state index in [9.17, 15) is 4.79 Å². The Morgan fingerprint density at radius 2 is 2.39 bits per heavy atom. The number of nitrogens with zero attached hydrogens (tertiary/aromatic N) is 2. The highest BCUT2D eigenvalue weighted by Crippen LogP contribution is 2.25. The molecule has 4 nitrogen and oxygen atoms in total. The summed E-state index contributed by atoms with van der Waals surface area (Å²) in [4.78, 5) is 13.9. The van der Waals surface area contributed by atoms with Gasteiger partial charge in [-0.2, -0.15) is 5.26 Å². The van der Waals surface area contributed by atoms with Gasteiger partial charge in [-0.05, 0) is 24.6 Å². The molecule has 1 fully saturated rings. The minimum atomic E-state index is -0.385. The fraction of sp³-hybridized carbons (Fsp3) is 0.385. The number of amides is 1. The van der Waals surface area contributed by atoms with E-state index in [1.54, 1.807) is 4.90 Å². The number of carbonyl (C=O) groups excluding carboxylic acids is 1. The largest absolute Gasteiger partial charge is 0.310 e. The standard InChI is InChI=1S/C13H14BrN3O/c1-9-2-3-10(8-11(9)14)17-7-6-16-12(4-5-15)13(17)18/h2-3,8,12,16H,4,6-7H2,1H3. The first-order valence-corrected chi connectivity index (χ1v) is 6.60. The Labute approximate surface area is 115 Å². The van der Waals surface area contributed by atoms with Crippen LogP contribution in [0.5, 0.6) is 0 Å². The van der Waals surface area contributed by atoms with Crippen LogP contribution in [0.2, 0.25) is 0 Å². The highest BCUT2D eigenvalue weighted by molar-refractivity contribution is 9.10. The molecule has 0 saturated carbocycles. The Hall–Kier alpha value is -1.38. The lowest BCUT2D eigenvalue weighted by Gasteiger charge is -2.32. The van der Waals surface area contributed by atoms with E-state index in [-0.39, 0.29) is 18.4 Å². The van der Waals surface area contributed by atoms with Gasteiger partial charge in [-0.15, -0.1) is 0 Å². The molecule has 1 aliphatic heterocycles. The van der Waals surface area contributed by atoms with E-state index in [0.717, 1.165) is 15.7 Å². The summed E-state index contributed by atoms with van der Waals surface area (Å²) in [6, 6.07) is 7.52. The number of rotatable bonds is 2. The molecule has 94 valence electrons. The molecule has 2 rings (SSSR count). The Kier molecular flexibility index (Phi) is 4.00. The molecule has 1 atom stereocenters. The van der Waals surface area contributed by atoms with Crippen LogP contribution in [0.25, 0.3) is 0 Å². The van der Waals surface area contributed by atoms with Crippen LogP contribution in [0.3, 0.4) is 0 Å². The van der Waals surface area contributed by atoms with Crippen molar-refractivity contribution in [3.8, 4) is 6.07 Å². The van der Waals surface area contributed by atoms with Gasteiger partial charge >= 0.3 is 0 Å². The van der Waals surface area contributed by atoms with Crippen molar-refractivity contribution in [1.82, 2.24) is 5.32 Å². The molecule has 0 bridgehead atoms. The van der Waals surface area contributed by atoms with Crippen molar-refractivity contribution in [2.75, 3.05) is 18.0 Å². The second-order valence-corrected chi connectivity index (χ2v) is 5.15. The number of benzene rings is 1. The predicted octanol–water partition coefficient (Wildman–Crippen LogP) is 1.98. The van der Waals surface area contributed by atoms with Crippen LogP contribution in [-0.4, -0.2) is 25.0 Å². The first-order chi connectivity index (χ1) is 8.63. The quantitative estimate of drug-likeness (QED) is 0.909. The van der Waals surface area contributed by atoms with Crippen molar-refractivity contribution in [3.05, 3.63) is 28.2 Å². The Bertz CT molecular complexity index is 509. The van der Waals surface area contributed by atoms with Gasteiger partial charge in [0, 0.05) is 23.2 Å². The lowest BCUT2D eigenvalue weighted by atomic mass is 10.1. The summed E-state index contributed by atoms with van der Waals surface area (Å²) in [5.74, 6) is -0.0291. The minimum Gasteiger partial charge on any atom is -0.310 e. The van der Waals surface area contributed by atoms with Gasteiger partial charge in [-0.1, -0.05) is 22.0 Å². The Morgan fingerprint density at radius 3 is 3.06 bits per heavy atom. The molecule has 1 aliphatic rings. The maximum Gasteiger partial charge on any atom is 0.245 e. The summed E-state index contributed by atoms with van der Waals surface area (Å²) in [5.41, 5.74) is 2.01. The molecule has 0 spiro atoms. The van der Waals surface area contributed by atoms with E-state index < -0.39 is 0 Å². The van der Waals surface area contributed by atoms with Crippen LogP contribution in [0.15, 0.2) is 22.7 Å². The summed E-state index contributed by atoms with van der Waals surface area (Å²) in [6.45, 7) is 3.35. The summed E-state index contributed by atoms with van der Waals surface area (Å²) >= 11 is 3.47. The fourth-order valence-electron chi connectivity index (χ4n) is 1.99. The number of aryl methyl sites for hydroxylation is 1. The zero-order chi connectivity index (χ0) is 13.1. The number of hydrogen-bond donors (Lipinski definition) is 1. The highest BCUT2D eigenvalue weighted by atomic mass is 79.9. The lowest BCUT2D eigenvalue weighted by molar-refractivity contribution is -0.121. The molecule has 18 heavy (non-hydrogen) atoms. The number of nitriles is 1. The number of carbonyl (C=O) groups is 1. The second kappa shape index (κ2) is 5.51. The number of hydrogen-bond acceptors (Lipinski definition) is 3. The number of piperazine rings is 1. The Balaban J connectivity index is 2.24. The van der Waals surface area contributed by atoms with Crippen LogP contribution >= 0.6 is 15.9 Å². The number of nitrogens with one attached hydrogen (secondary N) is 1. The van der Waals surface area contributed by atoms with Gasteiger partial charge in [0.1, 0.15) is 6.04 Å². The first-order valence-electron chi connectivity index (χ1n) is 5.81. The number of anilines is 1. The van der Waals surface area contributed by atoms with Gasteiger partial charge in [0.05, 0.1) is 12.5 Å². The van der Waals surface area contributed by atoms with Crippen molar-refractivity contribution in [2.45, 2.75) is 19.4 Å².